The fourth-order valence-corrected chi connectivity index (χ4v) is 5.34. The molecule has 0 atom stereocenters. The van der Waals surface area contributed by atoms with Gasteiger partial charge in [-0.3, -0.25) is 4.79 Å². The lowest BCUT2D eigenvalue weighted by molar-refractivity contribution is 0.0702. The Hall–Kier alpha value is -1.44. The summed E-state index contributed by atoms with van der Waals surface area (Å²) in [6, 6.07) is 5.14. The van der Waals surface area contributed by atoms with Crippen molar-refractivity contribution >= 4 is 15.9 Å². The predicted molar refractivity (Wildman–Crippen MR) is 102 cm³/mol. The lowest BCUT2D eigenvalue weighted by Gasteiger charge is -2.32. The Labute approximate surface area is 156 Å². The zero-order valence-corrected chi connectivity index (χ0v) is 16.5. The molecule has 1 N–H and O–H groups in total. The molecule has 7 heteroatoms. The maximum Gasteiger partial charge on any atom is 0.254 e. The average Bonchev–Trinajstić information content (AvgIpc) is 2.68. The number of piperidine rings is 2. The van der Waals surface area contributed by atoms with Gasteiger partial charge in [-0.2, -0.15) is 4.31 Å². The monoisotopic (exact) mass is 379 g/mol. The molecule has 0 unspecified atom stereocenters. The van der Waals surface area contributed by atoms with E-state index in [1.807, 2.05) is 14.0 Å². The van der Waals surface area contributed by atoms with Gasteiger partial charge in [-0.25, -0.2) is 8.42 Å². The number of amides is 1. The van der Waals surface area contributed by atoms with Crippen LogP contribution in [0, 0.1) is 6.92 Å². The van der Waals surface area contributed by atoms with Crippen LogP contribution in [0.5, 0.6) is 0 Å². The molecule has 0 radical (unpaired) electrons. The van der Waals surface area contributed by atoms with Gasteiger partial charge in [-0.05, 0) is 63.4 Å². The third-order valence-electron chi connectivity index (χ3n) is 5.57. The van der Waals surface area contributed by atoms with Gasteiger partial charge in [-0.1, -0.05) is 12.5 Å². The molecular weight excluding hydrogens is 350 g/mol. The second-order valence-electron chi connectivity index (χ2n) is 7.34. The fourth-order valence-electron chi connectivity index (χ4n) is 3.80. The van der Waals surface area contributed by atoms with E-state index in [0.717, 1.165) is 50.8 Å². The Kier molecular flexibility index (Phi) is 5.99. The molecule has 2 aliphatic rings. The molecule has 3 rings (SSSR count). The minimum absolute atomic E-state index is 0.0925. The highest BCUT2D eigenvalue weighted by Crippen LogP contribution is 2.24. The Balaban J connectivity index is 1.86. The molecule has 1 amide bonds. The van der Waals surface area contributed by atoms with Gasteiger partial charge in [-0.15, -0.1) is 0 Å². The molecule has 0 bridgehead atoms. The predicted octanol–water partition coefficient (Wildman–Crippen LogP) is 1.99. The molecule has 0 aliphatic carbocycles. The van der Waals surface area contributed by atoms with E-state index in [4.69, 9.17) is 0 Å². The highest BCUT2D eigenvalue weighted by molar-refractivity contribution is 7.89. The van der Waals surface area contributed by atoms with Crippen molar-refractivity contribution in [2.45, 2.75) is 50.0 Å². The first-order valence-electron chi connectivity index (χ1n) is 9.50. The Morgan fingerprint density at radius 2 is 1.81 bits per heavy atom. The normalized spacial score (nSPS) is 20.1. The lowest BCUT2D eigenvalue weighted by Crippen LogP contribution is -2.44. The van der Waals surface area contributed by atoms with Gasteiger partial charge in [0.15, 0.2) is 0 Å². The lowest BCUT2D eigenvalue weighted by atomic mass is 10.0. The van der Waals surface area contributed by atoms with Crippen LogP contribution in [0.1, 0.15) is 48.0 Å². The van der Waals surface area contributed by atoms with Crippen molar-refractivity contribution in [3.63, 3.8) is 0 Å². The van der Waals surface area contributed by atoms with Crippen LogP contribution < -0.4 is 5.32 Å². The standard InChI is InChI=1S/C19H29N3O3S/c1-15-6-7-17(26(24,25)22-12-4-3-5-13-22)14-18(15)19(23)21(2)16-8-10-20-11-9-16/h6-7,14,16,20H,3-5,8-13H2,1-2H3. The maximum absolute atomic E-state index is 13.0. The van der Waals surface area contributed by atoms with Crippen LogP contribution in [-0.2, 0) is 10.0 Å². The molecule has 1 aromatic carbocycles. The zero-order valence-electron chi connectivity index (χ0n) is 15.7. The van der Waals surface area contributed by atoms with Crippen LogP contribution in [-0.4, -0.2) is 62.8 Å². The van der Waals surface area contributed by atoms with E-state index in [2.05, 4.69) is 5.32 Å². The third-order valence-corrected chi connectivity index (χ3v) is 7.46. The SMILES string of the molecule is Cc1ccc(S(=O)(=O)N2CCCCC2)cc1C(=O)N(C)C1CCNCC1. The number of benzene rings is 1. The second-order valence-corrected chi connectivity index (χ2v) is 9.28. The number of hydrogen-bond acceptors (Lipinski definition) is 4. The fraction of sp³-hybridized carbons (Fsp3) is 0.632. The van der Waals surface area contributed by atoms with E-state index in [9.17, 15) is 13.2 Å². The van der Waals surface area contributed by atoms with Gasteiger partial charge in [0.1, 0.15) is 0 Å². The number of carbonyl (C=O) groups is 1. The van der Waals surface area contributed by atoms with Gasteiger partial charge < -0.3 is 10.2 Å². The van der Waals surface area contributed by atoms with Gasteiger partial charge in [0.25, 0.3) is 5.91 Å². The van der Waals surface area contributed by atoms with Crippen molar-refractivity contribution in [3.05, 3.63) is 29.3 Å². The van der Waals surface area contributed by atoms with Crippen LogP contribution >= 0.6 is 0 Å². The van der Waals surface area contributed by atoms with Gasteiger partial charge in [0.2, 0.25) is 10.0 Å². The Morgan fingerprint density at radius 1 is 1.15 bits per heavy atom. The summed E-state index contributed by atoms with van der Waals surface area (Å²) in [5, 5.41) is 3.30. The average molecular weight is 380 g/mol. The molecule has 1 aromatic rings. The van der Waals surface area contributed by atoms with Crippen molar-refractivity contribution in [1.29, 1.82) is 0 Å². The highest BCUT2D eigenvalue weighted by atomic mass is 32.2. The first-order valence-corrected chi connectivity index (χ1v) is 10.9. The summed E-state index contributed by atoms with van der Waals surface area (Å²) in [6.07, 6.45) is 4.72. The molecule has 2 saturated heterocycles. The summed E-state index contributed by atoms with van der Waals surface area (Å²) in [4.78, 5) is 15.0. The minimum Gasteiger partial charge on any atom is -0.339 e. The van der Waals surface area contributed by atoms with Crippen molar-refractivity contribution in [1.82, 2.24) is 14.5 Å². The van der Waals surface area contributed by atoms with Gasteiger partial charge in [0.05, 0.1) is 4.90 Å². The van der Waals surface area contributed by atoms with Crippen LogP contribution in [0.3, 0.4) is 0 Å². The van der Waals surface area contributed by atoms with E-state index in [1.54, 1.807) is 27.4 Å². The van der Waals surface area contributed by atoms with E-state index < -0.39 is 10.0 Å². The van der Waals surface area contributed by atoms with E-state index in [1.165, 1.54) is 0 Å². The van der Waals surface area contributed by atoms with Crippen molar-refractivity contribution in [2.75, 3.05) is 33.2 Å². The molecule has 0 saturated carbocycles. The summed E-state index contributed by atoms with van der Waals surface area (Å²) in [5.74, 6) is -0.0925. The summed E-state index contributed by atoms with van der Waals surface area (Å²) in [7, 11) is -1.71. The van der Waals surface area contributed by atoms with Crippen LogP contribution in [0.4, 0.5) is 0 Å². The number of sulfonamides is 1. The first kappa shape index (κ1) is 19.3. The molecule has 0 spiro atoms. The smallest absolute Gasteiger partial charge is 0.254 e. The molecule has 2 fully saturated rings. The topological polar surface area (TPSA) is 69.7 Å². The van der Waals surface area contributed by atoms with Crippen molar-refractivity contribution in [3.8, 4) is 0 Å². The van der Waals surface area contributed by atoms with E-state index in [0.29, 0.717) is 18.7 Å². The summed E-state index contributed by atoms with van der Waals surface area (Å²) < 4.78 is 27.4. The van der Waals surface area contributed by atoms with Crippen LogP contribution in [0.25, 0.3) is 0 Å². The van der Waals surface area contributed by atoms with Crippen LogP contribution in [0.15, 0.2) is 23.1 Å². The molecule has 0 aromatic heterocycles. The van der Waals surface area contributed by atoms with Gasteiger partial charge in [0, 0.05) is 31.7 Å². The maximum atomic E-state index is 13.0. The van der Waals surface area contributed by atoms with Crippen LogP contribution in [0.2, 0.25) is 0 Å². The molecule has 2 aliphatic heterocycles. The molecular formula is C19H29N3O3S. The molecule has 2 heterocycles. The third kappa shape index (κ3) is 3.94. The Morgan fingerprint density at radius 3 is 2.46 bits per heavy atom. The minimum atomic E-state index is -3.53. The second kappa shape index (κ2) is 8.06. The number of nitrogens with one attached hydrogen (secondary N) is 1. The van der Waals surface area contributed by atoms with Gasteiger partial charge >= 0.3 is 0 Å². The summed E-state index contributed by atoms with van der Waals surface area (Å²) in [6.45, 7) is 4.80. The van der Waals surface area contributed by atoms with E-state index in [-0.39, 0.29) is 16.8 Å². The molecule has 6 nitrogen and oxygen atoms in total. The van der Waals surface area contributed by atoms with E-state index >= 15 is 0 Å². The number of aryl methyl sites for hydroxylation is 1. The molecule has 26 heavy (non-hydrogen) atoms. The number of carbonyl (C=O) groups excluding carboxylic acids is 1. The number of rotatable bonds is 4. The molecule has 144 valence electrons. The van der Waals surface area contributed by atoms with Crippen molar-refractivity contribution < 1.29 is 13.2 Å². The number of hydrogen-bond donors (Lipinski definition) is 1. The largest absolute Gasteiger partial charge is 0.339 e. The zero-order chi connectivity index (χ0) is 18.7. The Bertz CT molecular complexity index is 751. The number of nitrogens with zero attached hydrogens (tertiary/aromatic N) is 2. The quantitative estimate of drug-likeness (QED) is 0.869. The first-order chi connectivity index (χ1) is 12.4. The highest BCUT2D eigenvalue weighted by Gasteiger charge is 2.29. The summed E-state index contributed by atoms with van der Waals surface area (Å²) in [5.41, 5.74) is 1.30. The van der Waals surface area contributed by atoms with Crippen molar-refractivity contribution in [2.24, 2.45) is 0 Å². The summed E-state index contributed by atoms with van der Waals surface area (Å²) >= 11 is 0.